The third-order valence-electron chi connectivity index (χ3n) is 4.72. The van der Waals surface area contributed by atoms with Crippen molar-refractivity contribution in [1.82, 2.24) is 20.1 Å². The number of carbonyl (C=O) groups excluding carboxylic acids is 1. The summed E-state index contributed by atoms with van der Waals surface area (Å²) in [7, 11) is 0. The van der Waals surface area contributed by atoms with Gasteiger partial charge in [0.05, 0.1) is 5.75 Å². The van der Waals surface area contributed by atoms with E-state index in [1.165, 1.54) is 36.0 Å². The molecule has 0 bridgehead atoms. The molecule has 1 heterocycles. The highest BCUT2D eigenvalue weighted by Gasteiger charge is 2.17. The number of halogens is 3. The van der Waals surface area contributed by atoms with Crippen LogP contribution in [0.5, 0.6) is 5.75 Å². The molecule has 0 saturated heterocycles. The van der Waals surface area contributed by atoms with E-state index in [2.05, 4.69) is 20.3 Å². The highest BCUT2D eigenvalue weighted by Crippen LogP contribution is 2.28. The van der Waals surface area contributed by atoms with Gasteiger partial charge in [0.2, 0.25) is 5.91 Å². The monoisotopic (exact) mass is 484 g/mol. The Bertz CT molecular complexity index is 1230. The number of benzene rings is 3. The van der Waals surface area contributed by atoms with Gasteiger partial charge in [-0.15, -0.1) is 10.2 Å². The molecular weight excluding hydrogens is 465 g/mol. The molecule has 0 spiro atoms. The molecule has 0 aliphatic rings. The molecule has 4 aromatic rings. The van der Waals surface area contributed by atoms with Crippen LogP contribution in [0, 0.1) is 5.82 Å². The van der Waals surface area contributed by atoms with E-state index in [4.69, 9.17) is 0 Å². The number of hydrogen-bond acceptors (Lipinski definition) is 5. The molecule has 1 N–H and O–H groups in total. The summed E-state index contributed by atoms with van der Waals surface area (Å²) in [6.45, 7) is -2.65. The van der Waals surface area contributed by atoms with E-state index in [-0.39, 0.29) is 29.8 Å². The Balaban J connectivity index is 1.43. The number of aromatic nitrogens is 3. The second-order valence-corrected chi connectivity index (χ2v) is 8.01. The van der Waals surface area contributed by atoms with Crippen molar-refractivity contribution in [2.45, 2.75) is 18.3 Å². The predicted molar refractivity (Wildman–Crippen MR) is 122 cm³/mol. The lowest BCUT2D eigenvalue weighted by molar-refractivity contribution is -0.118. The summed E-state index contributed by atoms with van der Waals surface area (Å²) < 4.78 is 44.0. The van der Waals surface area contributed by atoms with Crippen LogP contribution in [0.2, 0.25) is 0 Å². The number of thioether (sulfide) groups is 1. The maximum absolute atomic E-state index is 13.4. The Morgan fingerprint density at radius 3 is 2.35 bits per heavy atom. The zero-order chi connectivity index (χ0) is 23.9. The van der Waals surface area contributed by atoms with Gasteiger partial charge in [-0.25, -0.2) is 4.39 Å². The summed E-state index contributed by atoms with van der Waals surface area (Å²) >= 11 is 1.21. The third-order valence-corrected chi connectivity index (χ3v) is 5.65. The standard InChI is InChI=1S/C24H19F3N4O2S/c25-18-10-8-17(9-11-18)22-29-30-24(31(22)19-4-2-1-3-5-19)34-15-21(32)28-14-16-6-12-20(13-7-16)33-23(26)27/h1-13,23H,14-15H2,(H,28,32). The molecule has 0 aliphatic carbocycles. The summed E-state index contributed by atoms with van der Waals surface area (Å²) in [6.07, 6.45) is 0. The molecule has 4 rings (SSSR count). The molecule has 174 valence electrons. The van der Waals surface area contributed by atoms with E-state index >= 15 is 0 Å². The molecule has 1 aromatic heterocycles. The van der Waals surface area contributed by atoms with Gasteiger partial charge >= 0.3 is 6.61 Å². The Morgan fingerprint density at radius 2 is 1.68 bits per heavy atom. The quantitative estimate of drug-likeness (QED) is 0.336. The maximum Gasteiger partial charge on any atom is 0.387 e. The molecule has 34 heavy (non-hydrogen) atoms. The summed E-state index contributed by atoms with van der Waals surface area (Å²) in [5.74, 6) is 0.0833. The Labute approximate surface area is 197 Å². The minimum atomic E-state index is -2.89. The molecule has 0 atom stereocenters. The molecule has 0 radical (unpaired) electrons. The highest BCUT2D eigenvalue weighted by atomic mass is 32.2. The molecule has 0 aliphatic heterocycles. The van der Waals surface area contributed by atoms with Gasteiger partial charge in [-0.1, -0.05) is 42.1 Å². The predicted octanol–water partition coefficient (Wildman–Crippen LogP) is 5.08. The number of nitrogens with one attached hydrogen (secondary N) is 1. The van der Waals surface area contributed by atoms with Crippen LogP contribution in [0.25, 0.3) is 17.1 Å². The SMILES string of the molecule is O=C(CSc1nnc(-c2ccc(F)cc2)n1-c1ccccc1)NCc1ccc(OC(F)F)cc1. The minimum Gasteiger partial charge on any atom is -0.435 e. The van der Waals surface area contributed by atoms with Crippen LogP contribution in [0.1, 0.15) is 5.56 Å². The number of nitrogens with zero attached hydrogens (tertiary/aromatic N) is 3. The summed E-state index contributed by atoms with van der Waals surface area (Å²) in [6, 6.07) is 21.4. The fourth-order valence-corrected chi connectivity index (χ4v) is 3.91. The lowest BCUT2D eigenvalue weighted by Gasteiger charge is -2.11. The fourth-order valence-electron chi connectivity index (χ4n) is 3.13. The van der Waals surface area contributed by atoms with Crippen molar-refractivity contribution in [2.75, 3.05) is 5.75 Å². The van der Waals surface area contributed by atoms with Gasteiger partial charge in [0, 0.05) is 17.8 Å². The van der Waals surface area contributed by atoms with Gasteiger partial charge in [0.1, 0.15) is 11.6 Å². The maximum atomic E-state index is 13.4. The second kappa shape index (κ2) is 10.9. The summed E-state index contributed by atoms with van der Waals surface area (Å²) in [4.78, 5) is 12.4. The molecular formula is C24H19F3N4O2S. The number of para-hydroxylation sites is 1. The first-order chi connectivity index (χ1) is 16.5. The number of amides is 1. The zero-order valence-electron chi connectivity index (χ0n) is 17.7. The Hall–Kier alpha value is -3.79. The molecule has 3 aromatic carbocycles. The average Bonchev–Trinajstić information content (AvgIpc) is 3.27. The topological polar surface area (TPSA) is 69.0 Å². The van der Waals surface area contributed by atoms with Crippen LogP contribution in [0.3, 0.4) is 0 Å². The average molecular weight is 485 g/mol. The first-order valence-corrected chi connectivity index (χ1v) is 11.2. The van der Waals surface area contributed by atoms with Crippen LogP contribution in [-0.4, -0.2) is 33.0 Å². The lowest BCUT2D eigenvalue weighted by Crippen LogP contribution is -2.24. The lowest BCUT2D eigenvalue weighted by atomic mass is 10.2. The summed E-state index contributed by atoms with van der Waals surface area (Å²) in [5.41, 5.74) is 2.24. The number of carbonyl (C=O) groups is 1. The summed E-state index contributed by atoms with van der Waals surface area (Å²) in [5, 5.41) is 11.8. The van der Waals surface area contributed by atoms with E-state index in [0.717, 1.165) is 11.3 Å². The van der Waals surface area contributed by atoms with Gasteiger partial charge in [-0.3, -0.25) is 9.36 Å². The first-order valence-electron chi connectivity index (χ1n) is 10.2. The molecule has 0 saturated carbocycles. The van der Waals surface area contributed by atoms with Crippen LogP contribution in [0.15, 0.2) is 84.0 Å². The first kappa shape index (κ1) is 23.4. The second-order valence-electron chi connectivity index (χ2n) is 7.07. The smallest absolute Gasteiger partial charge is 0.387 e. The van der Waals surface area contributed by atoms with Crippen LogP contribution < -0.4 is 10.1 Å². The zero-order valence-corrected chi connectivity index (χ0v) is 18.5. The van der Waals surface area contributed by atoms with Crippen molar-refractivity contribution in [1.29, 1.82) is 0 Å². The molecule has 10 heteroatoms. The highest BCUT2D eigenvalue weighted by molar-refractivity contribution is 7.99. The van der Waals surface area contributed by atoms with Crippen molar-refractivity contribution < 1.29 is 22.7 Å². The van der Waals surface area contributed by atoms with Crippen LogP contribution in [0.4, 0.5) is 13.2 Å². The van der Waals surface area contributed by atoms with E-state index < -0.39 is 6.61 Å². The van der Waals surface area contributed by atoms with Crippen molar-refractivity contribution >= 4 is 17.7 Å². The largest absolute Gasteiger partial charge is 0.435 e. The molecule has 0 unspecified atom stereocenters. The van der Waals surface area contributed by atoms with Crippen molar-refractivity contribution in [3.63, 3.8) is 0 Å². The number of hydrogen-bond donors (Lipinski definition) is 1. The molecule has 6 nitrogen and oxygen atoms in total. The minimum absolute atomic E-state index is 0.0536. The van der Waals surface area contributed by atoms with Crippen molar-refractivity contribution in [3.05, 3.63) is 90.2 Å². The number of rotatable bonds is 9. The Morgan fingerprint density at radius 1 is 0.971 bits per heavy atom. The van der Waals surface area contributed by atoms with Gasteiger partial charge in [0.15, 0.2) is 11.0 Å². The van der Waals surface area contributed by atoms with Gasteiger partial charge in [-0.2, -0.15) is 8.78 Å². The fraction of sp³-hybridized carbons (Fsp3) is 0.125. The van der Waals surface area contributed by atoms with Crippen LogP contribution in [-0.2, 0) is 11.3 Å². The van der Waals surface area contributed by atoms with Gasteiger partial charge < -0.3 is 10.1 Å². The van der Waals surface area contributed by atoms with E-state index in [1.54, 1.807) is 24.3 Å². The van der Waals surface area contributed by atoms with Crippen LogP contribution >= 0.6 is 11.8 Å². The molecule has 0 fully saturated rings. The number of ether oxygens (including phenoxy) is 1. The normalized spacial score (nSPS) is 10.9. The third kappa shape index (κ3) is 5.96. The van der Waals surface area contributed by atoms with Crippen molar-refractivity contribution in [3.8, 4) is 22.8 Å². The van der Waals surface area contributed by atoms with Crippen molar-refractivity contribution in [2.24, 2.45) is 0 Å². The number of alkyl halides is 2. The van der Waals surface area contributed by atoms with Gasteiger partial charge in [0.25, 0.3) is 0 Å². The van der Waals surface area contributed by atoms with E-state index in [0.29, 0.717) is 16.5 Å². The Kier molecular flexibility index (Phi) is 7.48. The van der Waals surface area contributed by atoms with E-state index in [9.17, 15) is 18.0 Å². The molecule has 1 amide bonds. The van der Waals surface area contributed by atoms with Gasteiger partial charge in [-0.05, 0) is 54.1 Å². The van der Waals surface area contributed by atoms with E-state index in [1.807, 2.05) is 34.9 Å².